The summed E-state index contributed by atoms with van der Waals surface area (Å²) >= 11 is 3.23. The molecule has 1 rings (SSSR count). The van der Waals surface area contributed by atoms with Gasteiger partial charge in [-0.3, -0.25) is 14.6 Å². The zero-order valence-electron chi connectivity index (χ0n) is 9.99. The van der Waals surface area contributed by atoms with E-state index < -0.39 is 11.4 Å². The average molecular weight is 300 g/mol. The van der Waals surface area contributed by atoms with Crippen molar-refractivity contribution in [1.82, 2.24) is 4.98 Å². The molecule has 0 N–H and O–H groups in total. The second-order valence-corrected chi connectivity index (χ2v) is 4.95. The molecule has 5 heteroatoms. The number of Topliss-reactive ketones (excluding diaryl/α,β-unsaturated/α-hetero) is 1. The number of carbonyl (C=O) groups is 2. The molecule has 1 heterocycles. The van der Waals surface area contributed by atoms with E-state index in [-0.39, 0.29) is 18.1 Å². The van der Waals surface area contributed by atoms with Gasteiger partial charge in [0.15, 0.2) is 5.78 Å². The monoisotopic (exact) mass is 299 g/mol. The first-order chi connectivity index (χ1) is 7.89. The van der Waals surface area contributed by atoms with Crippen molar-refractivity contribution in [3.63, 3.8) is 0 Å². The maximum Gasteiger partial charge on any atom is 0.319 e. The molecule has 17 heavy (non-hydrogen) atoms. The van der Waals surface area contributed by atoms with Crippen LogP contribution in [-0.2, 0) is 9.53 Å². The van der Waals surface area contributed by atoms with E-state index in [0.717, 1.165) is 4.47 Å². The third kappa shape index (κ3) is 3.12. The third-order valence-corrected chi connectivity index (χ3v) is 2.78. The topological polar surface area (TPSA) is 56.3 Å². The van der Waals surface area contributed by atoms with Crippen molar-refractivity contribution in [2.75, 3.05) is 6.61 Å². The lowest BCUT2D eigenvalue weighted by Crippen LogP contribution is -2.35. The normalized spacial score (nSPS) is 11.1. The summed E-state index contributed by atoms with van der Waals surface area (Å²) in [5.41, 5.74) is -0.956. The molecule has 92 valence electrons. The van der Waals surface area contributed by atoms with Crippen molar-refractivity contribution in [2.24, 2.45) is 5.41 Å². The number of rotatable bonds is 4. The van der Waals surface area contributed by atoms with Crippen molar-refractivity contribution in [1.29, 1.82) is 0 Å². The van der Waals surface area contributed by atoms with Gasteiger partial charge in [-0.25, -0.2) is 0 Å². The maximum atomic E-state index is 12.1. The fraction of sp³-hybridized carbons (Fsp3) is 0.417. The third-order valence-electron chi connectivity index (χ3n) is 2.31. The standard InChI is InChI=1S/C12H14BrNO3/c1-4-17-11(16)12(2,3)10(15)9-6-5-8(13)7-14-9/h5-7H,4H2,1-3H3. The highest BCUT2D eigenvalue weighted by molar-refractivity contribution is 9.10. The number of ether oxygens (including phenoxy) is 1. The molecule has 0 aliphatic carbocycles. The minimum absolute atomic E-state index is 0.253. The lowest BCUT2D eigenvalue weighted by atomic mass is 9.86. The number of halogens is 1. The first-order valence-corrected chi connectivity index (χ1v) is 6.02. The molecule has 0 aliphatic heterocycles. The second-order valence-electron chi connectivity index (χ2n) is 4.04. The Labute approximate surface area is 109 Å². The number of aromatic nitrogens is 1. The Kier molecular flexibility index (Phi) is 4.40. The molecule has 0 saturated heterocycles. The fourth-order valence-corrected chi connectivity index (χ4v) is 1.47. The number of pyridine rings is 1. The molecule has 1 aromatic heterocycles. The number of carbonyl (C=O) groups excluding carboxylic acids is 2. The summed E-state index contributed by atoms with van der Waals surface area (Å²) in [5, 5.41) is 0. The van der Waals surface area contributed by atoms with Gasteiger partial charge < -0.3 is 4.74 Å². The van der Waals surface area contributed by atoms with Crippen LogP contribution in [0.1, 0.15) is 31.3 Å². The summed E-state index contributed by atoms with van der Waals surface area (Å²) in [5.74, 6) is -0.877. The number of nitrogens with zero attached hydrogens (tertiary/aromatic N) is 1. The molecule has 0 bridgehead atoms. The Balaban J connectivity index is 2.95. The first-order valence-electron chi connectivity index (χ1n) is 5.23. The molecule has 0 unspecified atom stereocenters. The molecule has 0 aromatic carbocycles. The van der Waals surface area contributed by atoms with Gasteiger partial charge in [0, 0.05) is 10.7 Å². The van der Waals surface area contributed by atoms with Crippen LogP contribution in [0.5, 0.6) is 0 Å². The fourth-order valence-electron chi connectivity index (χ4n) is 1.23. The second kappa shape index (κ2) is 5.40. The van der Waals surface area contributed by atoms with Crippen LogP contribution in [0.3, 0.4) is 0 Å². The zero-order valence-corrected chi connectivity index (χ0v) is 11.6. The van der Waals surface area contributed by atoms with Crippen LogP contribution in [0, 0.1) is 5.41 Å². The lowest BCUT2D eigenvalue weighted by molar-refractivity contribution is -0.150. The Bertz CT molecular complexity index is 426. The van der Waals surface area contributed by atoms with Gasteiger partial charge in [-0.15, -0.1) is 0 Å². The van der Waals surface area contributed by atoms with Crippen molar-refractivity contribution in [2.45, 2.75) is 20.8 Å². The van der Waals surface area contributed by atoms with Crippen LogP contribution in [0.4, 0.5) is 0 Å². The number of hydrogen-bond acceptors (Lipinski definition) is 4. The van der Waals surface area contributed by atoms with Crippen LogP contribution in [0.25, 0.3) is 0 Å². The van der Waals surface area contributed by atoms with E-state index in [1.54, 1.807) is 19.1 Å². The number of hydrogen-bond donors (Lipinski definition) is 0. The molecule has 4 nitrogen and oxygen atoms in total. The summed E-state index contributed by atoms with van der Waals surface area (Å²) in [6.45, 7) is 5.04. The van der Waals surface area contributed by atoms with Crippen molar-refractivity contribution < 1.29 is 14.3 Å². The minimum Gasteiger partial charge on any atom is -0.465 e. The smallest absolute Gasteiger partial charge is 0.319 e. The molecule has 0 fully saturated rings. The molecule has 0 atom stereocenters. The van der Waals surface area contributed by atoms with Gasteiger partial charge in [-0.2, -0.15) is 0 Å². The Morgan fingerprint density at radius 2 is 2.06 bits per heavy atom. The summed E-state index contributed by atoms with van der Waals surface area (Å²) in [6.07, 6.45) is 1.52. The van der Waals surface area contributed by atoms with E-state index in [1.807, 2.05) is 0 Å². The van der Waals surface area contributed by atoms with Gasteiger partial charge in [0.05, 0.1) is 6.61 Å². The molecule has 0 radical (unpaired) electrons. The van der Waals surface area contributed by atoms with Crippen molar-refractivity contribution >= 4 is 27.7 Å². The SMILES string of the molecule is CCOC(=O)C(C)(C)C(=O)c1ccc(Br)cn1. The van der Waals surface area contributed by atoms with Crippen molar-refractivity contribution in [3.05, 3.63) is 28.5 Å². The van der Waals surface area contributed by atoms with Gasteiger partial charge in [0.2, 0.25) is 0 Å². The van der Waals surface area contributed by atoms with E-state index in [4.69, 9.17) is 4.74 Å². The van der Waals surface area contributed by atoms with Gasteiger partial charge >= 0.3 is 5.97 Å². The van der Waals surface area contributed by atoms with Crippen LogP contribution < -0.4 is 0 Å². The highest BCUT2D eigenvalue weighted by Crippen LogP contribution is 2.23. The lowest BCUT2D eigenvalue weighted by Gasteiger charge is -2.20. The predicted molar refractivity (Wildman–Crippen MR) is 66.7 cm³/mol. The summed E-state index contributed by atoms with van der Waals surface area (Å²) in [4.78, 5) is 27.8. The van der Waals surface area contributed by atoms with Gasteiger partial charge in [-0.1, -0.05) is 0 Å². The molecular formula is C12H14BrNO3. The molecule has 0 saturated carbocycles. The summed E-state index contributed by atoms with van der Waals surface area (Å²) in [7, 11) is 0. The van der Waals surface area contributed by atoms with E-state index >= 15 is 0 Å². The van der Waals surface area contributed by atoms with Crippen LogP contribution in [0.15, 0.2) is 22.8 Å². The largest absolute Gasteiger partial charge is 0.465 e. The van der Waals surface area contributed by atoms with Crippen LogP contribution >= 0.6 is 15.9 Å². The highest BCUT2D eigenvalue weighted by atomic mass is 79.9. The molecule has 1 aromatic rings. The van der Waals surface area contributed by atoms with Gasteiger partial charge in [0.25, 0.3) is 0 Å². The Hall–Kier alpha value is -1.23. The quantitative estimate of drug-likeness (QED) is 0.487. The maximum absolute atomic E-state index is 12.1. The molecular weight excluding hydrogens is 286 g/mol. The Morgan fingerprint density at radius 3 is 2.53 bits per heavy atom. The summed E-state index contributed by atoms with van der Waals surface area (Å²) in [6, 6.07) is 3.29. The van der Waals surface area contributed by atoms with Crippen LogP contribution in [0.2, 0.25) is 0 Å². The van der Waals surface area contributed by atoms with Gasteiger partial charge in [0.1, 0.15) is 11.1 Å². The van der Waals surface area contributed by atoms with E-state index in [9.17, 15) is 9.59 Å². The summed E-state index contributed by atoms with van der Waals surface area (Å²) < 4.78 is 5.66. The van der Waals surface area contributed by atoms with E-state index in [2.05, 4.69) is 20.9 Å². The molecule has 0 amide bonds. The molecule has 0 aliphatic rings. The van der Waals surface area contributed by atoms with Crippen LogP contribution in [-0.4, -0.2) is 23.3 Å². The Morgan fingerprint density at radius 1 is 1.41 bits per heavy atom. The van der Waals surface area contributed by atoms with E-state index in [0.29, 0.717) is 0 Å². The predicted octanol–water partition coefficient (Wildman–Crippen LogP) is 2.62. The zero-order chi connectivity index (χ0) is 13.1. The minimum atomic E-state index is -1.21. The van der Waals surface area contributed by atoms with Crippen molar-refractivity contribution in [3.8, 4) is 0 Å². The number of ketones is 1. The average Bonchev–Trinajstić information content (AvgIpc) is 2.29. The van der Waals surface area contributed by atoms with E-state index in [1.165, 1.54) is 20.0 Å². The van der Waals surface area contributed by atoms with Gasteiger partial charge in [-0.05, 0) is 48.8 Å². The first kappa shape index (κ1) is 13.8. The highest BCUT2D eigenvalue weighted by Gasteiger charge is 2.38. The molecule has 0 spiro atoms. The number of esters is 1.